The summed E-state index contributed by atoms with van der Waals surface area (Å²) in [6.07, 6.45) is 5.99. The van der Waals surface area contributed by atoms with Crippen LogP contribution in [0.4, 0.5) is 0 Å². The average molecular weight is 462 g/mol. The second-order valence-electron chi connectivity index (χ2n) is 10.5. The zero-order valence-electron chi connectivity index (χ0n) is 21.9. The molecule has 0 aliphatic heterocycles. The molecule has 5 unspecified atom stereocenters. The minimum Gasteiger partial charge on any atom is -0.497 e. The third-order valence-electron chi connectivity index (χ3n) is 6.88. The van der Waals surface area contributed by atoms with Crippen LogP contribution in [0.3, 0.4) is 0 Å². The summed E-state index contributed by atoms with van der Waals surface area (Å²) in [5, 5.41) is 0.132. The maximum atomic E-state index is 6.95. The molecule has 1 aromatic carbocycles. The van der Waals surface area contributed by atoms with Gasteiger partial charge in [0.15, 0.2) is 8.32 Å². The van der Waals surface area contributed by atoms with Crippen LogP contribution in [0, 0.1) is 17.8 Å². The summed E-state index contributed by atoms with van der Waals surface area (Å²) in [5.41, 5.74) is 7.26. The van der Waals surface area contributed by atoms with Crippen LogP contribution < -0.4 is 10.5 Å². The first-order chi connectivity index (χ1) is 14.9. The van der Waals surface area contributed by atoms with Gasteiger partial charge < -0.3 is 19.6 Å². The summed E-state index contributed by atoms with van der Waals surface area (Å²) in [6.45, 7) is 23.1. The molecule has 0 saturated carbocycles. The Kier molecular flexibility index (Phi) is 11.4. The van der Waals surface area contributed by atoms with E-state index in [9.17, 15) is 0 Å². The zero-order valence-corrected chi connectivity index (χ0v) is 22.9. The van der Waals surface area contributed by atoms with Crippen LogP contribution >= 0.6 is 0 Å². The molecule has 4 nitrogen and oxygen atoms in total. The molecule has 0 fully saturated rings. The van der Waals surface area contributed by atoms with E-state index in [1.54, 1.807) is 7.11 Å². The molecule has 0 spiro atoms. The summed E-state index contributed by atoms with van der Waals surface area (Å²) in [5.74, 6) is 1.46. The third-order valence-corrected chi connectivity index (χ3v) is 11.4. The Bertz CT molecular complexity index is 709. The first kappa shape index (κ1) is 28.6. The van der Waals surface area contributed by atoms with Crippen molar-refractivity contribution < 1.29 is 13.9 Å². The third kappa shape index (κ3) is 8.18. The predicted octanol–water partition coefficient (Wildman–Crippen LogP) is 6.58. The van der Waals surface area contributed by atoms with Crippen molar-refractivity contribution in [2.45, 2.75) is 78.5 Å². The smallest absolute Gasteiger partial charge is 0.192 e. The molecule has 5 atom stereocenters. The lowest BCUT2D eigenvalue weighted by molar-refractivity contribution is -0.0635. The number of rotatable bonds is 13. The van der Waals surface area contributed by atoms with Crippen LogP contribution in [0.15, 0.2) is 49.1 Å². The SMILES string of the molecule is C=C/C=C\C(C)C(OCc1ccc(OC)cc1)C(C)C(O[Si](C)(C)C(C)(C)C)C(C)CN. The van der Waals surface area contributed by atoms with Crippen molar-refractivity contribution in [3.05, 3.63) is 54.6 Å². The lowest BCUT2D eigenvalue weighted by atomic mass is 9.84. The molecule has 0 saturated heterocycles. The fraction of sp³-hybridized carbons (Fsp3) is 0.630. The van der Waals surface area contributed by atoms with Crippen molar-refractivity contribution in [2.24, 2.45) is 23.5 Å². The van der Waals surface area contributed by atoms with E-state index in [0.29, 0.717) is 13.2 Å². The number of hydrogen-bond donors (Lipinski definition) is 1. The first-order valence-corrected chi connectivity index (χ1v) is 14.7. The highest BCUT2D eigenvalue weighted by Gasteiger charge is 2.43. The van der Waals surface area contributed by atoms with E-state index < -0.39 is 8.32 Å². The maximum Gasteiger partial charge on any atom is 0.192 e. The molecule has 0 bridgehead atoms. The Hall–Kier alpha value is -1.40. The minimum absolute atomic E-state index is 0.0166. The number of methoxy groups -OCH3 is 1. The summed E-state index contributed by atoms with van der Waals surface area (Å²) in [6, 6.07) is 8.05. The van der Waals surface area contributed by atoms with E-state index in [2.05, 4.69) is 79.4 Å². The number of hydrogen-bond acceptors (Lipinski definition) is 4. The van der Waals surface area contributed by atoms with Crippen molar-refractivity contribution in [3.63, 3.8) is 0 Å². The number of nitrogens with two attached hydrogens (primary N) is 1. The predicted molar refractivity (Wildman–Crippen MR) is 140 cm³/mol. The van der Waals surface area contributed by atoms with Crippen molar-refractivity contribution in [1.29, 1.82) is 0 Å². The van der Waals surface area contributed by atoms with E-state index in [1.165, 1.54) is 0 Å². The molecule has 182 valence electrons. The van der Waals surface area contributed by atoms with Gasteiger partial charge in [-0.1, -0.05) is 78.5 Å². The van der Waals surface area contributed by atoms with Gasteiger partial charge in [0.1, 0.15) is 5.75 Å². The van der Waals surface area contributed by atoms with Gasteiger partial charge >= 0.3 is 0 Å². The van der Waals surface area contributed by atoms with Gasteiger partial charge in [-0.15, -0.1) is 0 Å². The van der Waals surface area contributed by atoms with Crippen molar-refractivity contribution in [3.8, 4) is 5.75 Å². The summed E-state index contributed by atoms with van der Waals surface area (Å²) >= 11 is 0. The Morgan fingerprint density at radius 2 is 1.66 bits per heavy atom. The largest absolute Gasteiger partial charge is 0.497 e. The topological polar surface area (TPSA) is 53.7 Å². The monoisotopic (exact) mass is 461 g/mol. The molecule has 0 amide bonds. The number of benzene rings is 1. The van der Waals surface area contributed by atoms with E-state index in [0.717, 1.165) is 11.3 Å². The molecule has 0 radical (unpaired) electrons. The van der Waals surface area contributed by atoms with Crippen molar-refractivity contribution in [1.82, 2.24) is 0 Å². The molecule has 0 heterocycles. The van der Waals surface area contributed by atoms with Crippen LogP contribution in [-0.4, -0.2) is 34.2 Å². The lowest BCUT2D eigenvalue weighted by Gasteiger charge is -2.44. The van der Waals surface area contributed by atoms with Crippen LogP contribution in [0.5, 0.6) is 5.75 Å². The average Bonchev–Trinajstić information content (AvgIpc) is 2.75. The van der Waals surface area contributed by atoms with Crippen LogP contribution in [-0.2, 0) is 15.8 Å². The van der Waals surface area contributed by atoms with Crippen molar-refractivity contribution in [2.75, 3.05) is 13.7 Å². The fourth-order valence-electron chi connectivity index (χ4n) is 3.64. The van der Waals surface area contributed by atoms with Gasteiger partial charge in [-0.25, -0.2) is 0 Å². The minimum atomic E-state index is -1.97. The normalized spacial score (nSPS) is 17.6. The highest BCUT2D eigenvalue weighted by molar-refractivity contribution is 6.74. The summed E-state index contributed by atoms with van der Waals surface area (Å²) in [4.78, 5) is 0. The van der Waals surface area contributed by atoms with Gasteiger partial charge in [0, 0.05) is 11.8 Å². The molecule has 5 heteroatoms. The highest BCUT2D eigenvalue weighted by Crippen LogP contribution is 2.40. The first-order valence-electron chi connectivity index (χ1n) is 11.8. The number of ether oxygens (including phenoxy) is 2. The van der Waals surface area contributed by atoms with Gasteiger partial charge in [0.05, 0.1) is 25.9 Å². The zero-order chi connectivity index (χ0) is 24.5. The molecule has 1 rings (SSSR count). The standard InChI is InChI=1S/C27H47NO3Si/c1-11-12-13-20(2)25(30-19-23-14-16-24(29-8)17-15-23)22(4)26(21(3)18-28)31-32(9,10)27(5,6)7/h11-17,20-22,25-26H,1,18-19,28H2,2-10H3/b13-12-. The van der Waals surface area contributed by atoms with Crippen LogP contribution in [0.25, 0.3) is 0 Å². The van der Waals surface area contributed by atoms with E-state index >= 15 is 0 Å². The summed E-state index contributed by atoms with van der Waals surface area (Å²) in [7, 11) is -0.294. The lowest BCUT2D eigenvalue weighted by Crippen LogP contribution is -2.51. The Labute approximate surface area is 198 Å². The van der Waals surface area contributed by atoms with Crippen LogP contribution in [0.1, 0.15) is 47.1 Å². The Morgan fingerprint density at radius 3 is 2.12 bits per heavy atom. The number of allylic oxidation sites excluding steroid dienone is 2. The highest BCUT2D eigenvalue weighted by atomic mass is 28.4. The molecule has 0 aromatic heterocycles. The second-order valence-corrected chi connectivity index (χ2v) is 15.3. The molecule has 32 heavy (non-hydrogen) atoms. The van der Waals surface area contributed by atoms with Gasteiger partial charge in [-0.2, -0.15) is 0 Å². The summed E-state index contributed by atoms with van der Waals surface area (Å²) < 4.78 is 18.8. The molecule has 2 N–H and O–H groups in total. The van der Waals surface area contributed by atoms with E-state index in [1.807, 2.05) is 24.3 Å². The van der Waals surface area contributed by atoms with Gasteiger partial charge in [0.2, 0.25) is 0 Å². The van der Waals surface area contributed by atoms with Crippen LogP contribution in [0.2, 0.25) is 18.1 Å². The molecular formula is C27H47NO3Si. The van der Waals surface area contributed by atoms with Gasteiger partial charge in [-0.05, 0) is 48.3 Å². The quantitative estimate of drug-likeness (QED) is 0.266. The fourth-order valence-corrected chi connectivity index (χ4v) is 5.12. The molecular weight excluding hydrogens is 414 g/mol. The second kappa shape index (κ2) is 12.7. The van der Waals surface area contributed by atoms with E-state index in [-0.39, 0.29) is 35.0 Å². The van der Waals surface area contributed by atoms with Gasteiger partial charge in [0.25, 0.3) is 0 Å². The van der Waals surface area contributed by atoms with Crippen molar-refractivity contribution >= 4 is 8.32 Å². The van der Waals surface area contributed by atoms with E-state index in [4.69, 9.17) is 19.6 Å². The maximum absolute atomic E-state index is 6.95. The molecule has 0 aliphatic carbocycles. The molecule has 0 aliphatic rings. The van der Waals surface area contributed by atoms with Gasteiger partial charge in [-0.3, -0.25) is 0 Å². The Balaban J connectivity index is 3.18. The molecule has 1 aromatic rings. The Morgan fingerprint density at radius 1 is 1.06 bits per heavy atom.